The lowest BCUT2D eigenvalue weighted by Crippen LogP contribution is -2.04. The highest BCUT2D eigenvalue weighted by Crippen LogP contribution is 2.29. The van der Waals surface area contributed by atoms with Crippen molar-refractivity contribution in [3.05, 3.63) is 36.1 Å². The second-order valence-electron chi connectivity index (χ2n) is 3.99. The molecule has 0 bridgehead atoms. The van der Waals surface area contributed by atoms with E-state index < -0.39 is 12.1 Å². The second-order valence-corrected chi connectivity index (χ2v) is 3.99. The van der Waals surface area contributed by atoms with Crippen molar-refractivity contribution in [2.24, 2.45) is 0 Å². The molecule has 0 aromatic carbocycles. The predicted octanol–water partition coefficient (Wildman–Crippen LogP) is 2.71. The molecule has 0 atom stereocenters. The van der Waals surface area contributed by atoms with Gasteiger partial charge in [0.1, 0.15) is 5.65 Å². The van der Waals surface area contributed by atoms with Crippen molar-refractivity contribution in [2.45, 2.75) is 13.1 Å². The van der Waals surface area contributed by atoms with Crippen LogP contribution in [-0.2, 0) is 6.18 Å². The summed E-state index contributed by atoms with van der Waals surface area (Å²) in [6.45, 7) is 1.82. The van der Waals surface area contributed by atoms with Crippen molar-refractivity contribution in [3.8, 4) is 11.4 Å². The Kier molecular flexibility index (Phi) is 2.34. The molecule has 0 aliphatic rings. The van der Waals surface area contributed by atoms with Crippen LogP contribution in [0.25, 0.3) is 17.0 Å². The zero-order valence-corrected chi connectivity index (χ0v) is 9.64. The minimum absolute atomic E-state index is 0.111. The average Bonchev–Trinajstić information content (AvgIpc) is 2.90. The van der Waals surface area contributed by atoms with Crippen molar-refractivity contribution in [1.29, 1.82) is 0 Å². The van der Waals surface area contributed by atoms with Crippen LogP contribution in [0.1, 0.15) is 11.6 Å². The first-order valence-electron chi connectivity index (χ1n) is 5.30. The van der Waals surface area contributed by atoms with Gasteiger partial charge in [-0.05, 0) is 19.1 Å². The SMILES string of the molecule is Cc1cn2cc(-c3noc(C(F)(F)F)n3)ccc2n1. The highest BCUT2D eigenvalue weighted by atomic mass is 19.4. The van der Waals surface area contributed by atoms with E-state index in [1.807, 2.05) is 6.92 Å². The summed E-state index contributed by atoms with van der Waals surface area (Å²) in [6.07, 6.45) is -1.29. The van der Waals surface area contributed by atoms with Crippen LogP contribution in [0.2, 0.25) is 0 Å². The number of imidazole rings is 1. The van der Waals surface area contributed by atoms with Crippen LogP contribution in [0.5, 0.6) is 0 Å². The second kappa shape index (κ2) is 3.81. The monoisotopic (exact) mass is 268 g/mol. The van der Waals surface area contributed by atoms with Gasteiger partial charge in [-0.1, -0.05) is 5.16 Å². The number of hydrogen-bond acceptors (Lipinski definition) is 4. The van der Waals surface area contributed by atoms with E-state index in [4.69, 9.17) is 0 Å². The van der Waals surface area contributed by atoms with Gasteiger partial charge in [-0.25, -0.2) is 4.98 Å². The predicted molar refractivity (Wildman–Crippen MR) is 58.2 cm³/mol. The lowest BCUT2D eigenvalue weighted by Gasteiger charge is -1.97. The smallest absolute Gasteiger partial charge is 0.329 e. The third kappa shape index (κ3) is 2.05. The third-order valence-electron chi connectivity index (χ3n) is 2.50. The zero-order valence-electron chi connectivity index (χ0n) is 9.64. The molecule has 98 valence electrons. The molecule has 8 heteroatoms. The largest absolute Gasteiger partial charge is 0.471 e. The van der Waals surface area contributed by atoms with Crippen LogP contribution < -0.4 is 0 Å². The minimum Gasteiger partial charge on any atom is -0.329 e. The molecule has 5 nitrogen and oxygen atoms in total. The van der Waals surface area contributed by atoms with Crippen molar-refractivity contribution in [1.82, 2.24) is 19.5 Å². The maximum absolute atomic E-state index is 12.4. The molecule has 3 aromatic rings. The highest BCUT2D eigenvalue weighted by molar-refractivity contribution is 5.57. The first kappa shape index (κ1) is 11.7. The average molecular weight is 268 g/mol. The van der Waals surface area contributed by atoms with Gasteiger partial charge in [-0.15, -0.1) is 0 Å². The zero-order chi connectivity index (χ0) is 13.6. The molecule has 0 spiro atoms. The maximum atomic E-state index is 12.4. The first-order valence-corrected chi connectivity index (χ1v) is 5.30. The standard InChI is InChI=1S/C11H7F3N4O/c1-6-4-18-5-7(2-3-8(18)15-6)9-16-10(19-17-9)11(12,13)14/h2-5H,1H3. The molecular formula is C11H7F3N4O. The quantitative estimate of drug-likeness (QED) is 0.681. The van der Waals surface area contributed by atoms with E-state index in [0.717, 1.165) is 5.69 Å². The third-order valence-corrected chi connectivity index (χ3v) is 2.50. The van der Waals surface area contributed by atoms with Gasteiger partial charge in [0.25, 0.3) is 0 Å². The molecule has 3 heterocycles. The van der Waals surface area contributed by atoms with Gasteiger partial charge in [-0.3, -0.25) is 0 Å². The number of alkyl halides is 3. The number of halogens is 3. The Hall–Kier alpha value is -2.38. The number of aryl methyl sites for hydroxylation is 1. The van der Waals surface area contributed by atoms with Gasteiger partial charge in [0.2, 0.25) is 5.82 Å². The van der Waals surface area contributed by atoms with Crippen molar-refractivity contribution < 1.29 is 17.7 Å². The molecule has 0 amide bonds. The fraction of sp³-hybridized carbons (Fsp3) is 0.182. The van der Waals surface area contributed by atoms with Crippen LogP contribution in [0.4, 0.5) is 13.2 Å². The number of rotatable bonds is 1. The van der Waals surface area contributed by atoms with E-state index in [9.17, 15) is 13.2 Å². The molecule has 0 fully saturated rings. The van der Waals surface area contributed by atoms with Crippen molar-refractivity contribution in [2.75, 3.05) is 0 Å². The van der Waals surface area contributed by atoms with E-state index in [0.29, 0.717) is 11.2 Å². The minimum atomic E-state index is -4.64. The van der Waals surface area contributed by atoms with Crippen molar-refractivity contribution in [3.63, 3.8) is 0 Å². The van der Waals surface area contributed by atoms with E-state index in [1.54, 1.807) is 28.9 Å². The number of nitrogens with zero attached hydrogens (tertiary/aromatic N) is 4. The summed E-state index contributed by atoms with van der Waals surface area (Å²) < 4.78 is 43.0. The van der Waals surface area contributed by atoms with Crippen molar-refractivity contribution >= 4 is 5.65 Å². The van der Waals surface area contributed by atoms with Gasteiger partial charge in [-0.2, -0.15) is 18.2 Å². The van der Waals surface area contributed by atoms with Gasteiger partial charge < -0.3 is 8.92 Å². The molecular weight excluding hydrogens is 261 g/mol. The Morgan fingerprint density at radius 1 is 1.16 bits per heavy atom. The lowest BCUT2D eigenvalue weighted by molar-refractivity contribution is -0.159. The normalized spacial score (nSPS) is 12.2. The number of aromatic nitrogens is 4. The molecule has 0 aliphatic heterocycles. The van der Waals surface area contributed by atoms with E-state index in [-0.39, 0.29) is 5.82 Å². The fourth-order valence-electron chi connectivity index (χ4n) is 1.71. The van der Waals surface area contributed by atoms with Crippen LogP contribution in [0.3, 0.4) is 0 Å². The Balaban J connectivity index is 2.06. The van der Waals surface area contributed by atoms with E-state index in [1.165, 1.54) is 0 Å². The van der Waals surface area contributed by atoms with Gasteiger partial charge >= 0.3 is 12.1 Å². The van der Waals surface area contributed by atoms with E-state index >= 15 is 0 Å². The summed E-state index contributed by atoms with van der Waals surface area (Å²) in [4.78, 5) is 7.54. The Morgan fingerprint density at radius 2 is 1.95 bits per heavy atom. The molecule has 0 saturated heterocycles. The van der Waals surface area contributed by atoms with Crippen LogP contribution in [0, 0.1) is 6.92 Å². The molecule has 3 rings (SSSR count). The van der Waals surface area contributed by atoms with Crippen LogP contribution >= 0.6 is 0 Å². The van der Waals surface area contributed by atoms with Crippen LogP contribution in [0.15, 0.2) is 29.0 Å². The number of hydrogen-bond donors (Lipinski definition) is 0. The molecule has 19 heavy (non-hydrogen) atoms. The summed E-state index contributed by atoms with van der Waals surface area (Å²) in [6, 6.07) is 3.26. The molecule has 0 saturated carbocycles. The molecule has 0 N–H and O–H groups in total. The Labute approximate surface area is 104 Å². The summed E-state index contributed by atoms with van der Waals surface area (Å²) in [5.41, 5.74) is 1.92. The summed E-state index contributed by atoms with van der Waals surface area (Å²) in [7, 11) is 0. The number of pyridine rings is 1. The molecule has 0 aliphatic carbocycles. The topological polar surface area (TPSA) is 56.2 Å². The summed E-state index contributed by atoms with van der Waals surface area (Å²) in [5.74, 6) is -1.47. The van der Waals surface area contributed by atoms with Gasteiger partial charge in [0.15, 0.2) is 0 Å². The van der Waals surface area contributed by atoms with Gasteiger partial charge in [0.05, 0.1) is 5.69 Å². The molecule has 0 radical (unpaired) electrons. The fourth-order valence-corrected chi connectivity index (χ4v) is 1.71. The van der Waals surface area contributed by atoms with Crippen LogP contribution in [-0.4, -0.2) is 19.5 Å². The Morgan fingerprint density at radius 3 is 2.63 bits per heavy atom. The molecule has 3 aromatic heterocycles. The summed E-state index contributed by atoms with van der Waals surface area (Å²) in [5, 5.41) is 3.33. The number of fused-ring (bicyclic) bond motifs is 1. The lowest BCUT2D eigenvalue weighted by atomic mass is 10.3. The summed E-state index contributed by atoms with van der Waals surface area (Å²) >= 11 is 0. The van der Waals surface area contributed by atoms with Gasteiger partial charge in [0, 0.05) is 18.0 Å². The van der Waals surface area contributed by atoms with E-state index in [2.05, 4.69) is 19.6 Å². The first-order chi connectivity index (χ1) is 8.93. The Bertz CT molecular complexity index is 744. The molecule has 0 unspecified atom stereocenters. The highest BCUT2D eigenvalue weighted by Gasteiger charge is 2.38. The maximum Gasteiger partial charge on any atom is 0.471 e.